The molecule has 0 spiro atoms. The van der Waals surface area contributed by atoms with E-state index in [0.717, 1.165) is 32.9 Å². The highest BCUT2D eigenvalue weighted by Crippen LogP contribution is 2.36. The maximum Gasteiger partial charge on any atom is 0.432 e. The molecule has 0 radical (unpaired) electrons. The van der Waals surface area contributed by atoms with E-state index in [-0.39, 0.29) is 24.1 Å². The molecule has 0 aliphatic heterocycles. The molecule has 1 aromatic heterocycles. The first-order chi connectivity index (χ1) is 15.5. The molecule has 4 rings (SSSR count). The number of nitrogens with zero attached hydrogens (tertiary/aromatic N) is 1. The molecule has 0 unspecified atom stereocenters. The number of halogens is 7. The first-order valence-corrected chi connectivity index (χ1v) is 10.4. The molecule has 0 bridgehead atoms. The molecular formula is C23H14F7NOS. The Labute approximate surface area is 187 Å². The number of benzene rings is 3. The summed E-state index contributed by atoms with van der Waals surface area (Å²) >= 11 is 1.42. The summed E-state index contributed by atoms with van der Waals surface area (Å²) in [5, 5.41) is 0.717. The van der Waals surface area contributed by atoms with E-state index in [2.05, 4.69) is 9.72 Å². The second kappa shape index (κ2) is 8.66. The van der Waals surface area contributed by atoms with Gasteiger partial charge in [0.1, 0.15) is 22.9 Å². The molecule has 172 valence electrons. The first kappa shape index (κ1) is 23.0. The van der Waals surface area contributed by atoms with E-state index in [1.807, 2.05) is 25.1 Å². The quantitative estimate of drug-likeness (QED) is 0.213. The molecule has 10 heteroatoms. The fourth-order valence-corrected chi connectivity index (χ4v) is 4.34. The molecule has 33 heavy (non-hydrogen) atoms. The molecule has 0 saturated heterocycles. The summed E-state index contributed by atoms with van der Waals surface area (Å²) < 4.78 is 102. The van der Waals surface area contributed by atoms with Crippen molar-refractivity contribution in [3.05, 3.63) is 93.2 Å². The zero-order chi connectivity index (χ0) is 23.9. The standard InChI is InChI=1S/C23H14F7NOS/c1-11-2-4-18-19(6-11)33-20(31-18)5-3-12-7-14(24)21(15(25)8-12)23(29,30)32-13-9-16(26)22(28)17(27)10-13/h2,4,6-10H,3,5H2,1H3. The number of thiazole rings is 1. The van der Waals surface area contributed by atoms with Crippen molar-refractivity contribution < 1.29 is 35.5 Å². The second-order valence-corrected chi connectivity index (χ2v) is 8.45. The fourth-order valence-electron chi connectivity index (χ4n) is 3.28. The topological polar surface area (TPSA) is 22.1 Å². The third-order valence-electron chi connectivity index (χ3n) is 4.81. The Kier molecular flexibility index (Phi) is 6.04. The Balaban J connectivity index is 1.54. The number of hydrogen-bond donors (Lipinski definition) is 0. The predicted molar refractivity (Wildman–Crippen MR) is 109 cm³/mol. The van der Waals surface area contributed by atoms with Gasteiger partial charge in [0.05, 0.1) is 15.2 Å². The number of ether oxygens (including phenoxy) is 1. The molecule has 3 aromatic carbocycles. The van der Waals surface area contributed by atoms with Crippen LogP contribution < -0.4 is 4.74 Å². The summed E-state index contributed by atoms with van der Waals surface area (Å²) in [5.41, 5.74) is 0.233. The van der Waals surface area contributed by atoms with Gasteiger partial charge in [-0.3, -0.25) is 0 Å². The molecule has 0 amide bonds. The second-order valence-electron chi connectivity index (χ2n) is 7.33. The number of rotatable bonds is 6. The molecule has 2 nitrogen and oxygen atoms in total. The third kappa shape index (κ3) is 4.80. The lowest BCUT2D eigenvalue weighted by molar-refractivity contribution is -0.189. The van der Waals surface area contributed by atoms with Gasteiger partial charge in [-0.2, -0.15) is 8.78 Å². The van der Waals surface area contributed by atoms with E-state index in [0.29, 0.717) is 6.42 Å². The van der Waals surface area contributed by atoms with E-state index in [4.69, 9.17) is 0 Å². The average Bonchev–Trinajstić information content (AvgIpc) is 3.11. The Hall–Kier alpha value is -3.14. The summed E-state index contributed by atoms with van der Waals surface area (Å²) in [6, 6.07) is 7.50. The summed E-state index contributed by atoms with van der Waals surface area (Å²) in [5.74, 6) is -9.80. The molecular weight excluding hydrogens is 471 g/mol. The van der Waals surface area contributed by atoms with E-state index >= 15 is 0 Å². The van der Waals surface area contributed by atoms with Crippen LogP contribution in [0.25, 0.3) is 10.2 Å². The van der Waals surface area contributed by atoms with Crippen LogP contribution >= 0.6 is 11.3 Å². The van der Waals surface area contributed by atoms with Gasteiger partial charge in [0.2, 0.25) is 0 Å². The zero-order valence-electron chi connectivity index (χ0n) is 16.9. The summed E-state index contributed by atoms with van der Waals surface area (Å²) in [7, 11) is 0. The molecule has 0 aliphatic rings. The number of fused-ring (bicyclic) bond motifs is 1. The minimum absolute atomic E-state index is 0.110. The minimum atomic E-state index is -4.62. The van der Waals surface area contributed by atoms with Gasteiger partial charge in [-0.1, -0.05) is 6.07 Å². The minimum Gasteiger partial charge on any atom is -0.429 e. The van der Waals surface area contributed by atoms with Gasteiger partial charge in [0.25, 0.3) is 0 Å². The highest BCUT2D eigenvalue weighted by Gasteiger charge is 2.41. The van der Waals surface area contributed by atoms with Crippen LogP contribution in [0.5, 0.6) is 5.75 Å². The van der Waals surface area contributed by atoms with E-state index in [9.17, 15) is 30.7 Å². The smallest absolute Gasteiger partial charge is 0.429 e. The number of alkyl halides is 2. The van der Waals surface area contributed by atoms with Crippen LogP contribution in [-0.4, -0.2) is 4.98 Å². The van der Waals surface area contributed by atoms with Crippen molar-refractivity contribution in [1.82, 2.24) is 4.98 Å². The summed E-state index contributed by atoms with van der Waals surface area (Å²) in [6.07, 6.45) is -4.15. The van der Waals surface area contributed by atoms with Crippen molar-refractivity contribution in [2.45, 2.75) is 25.9 Å². The third-order valence-corrected chi connectivity index (χ3v) is 5.89. The molecule has 0 fully saturated rings. The molecule has 4 aromatic rings. The van der Waals surface area contributed by atoms with Crippen LogP contribution in [0.2, 0.25) is 0 Å². The van der Waals surface area contributed by atoms with Crippen LogP contribution in [0.1, 0.15) is 21.7 Å². The molecule has 0 N–H and O–H groups in total. The predicted octanol–water partition coefficient (Wildman–Crippen LogP) is 7.21. The Morgan fingerprint density at radius 1 is 0.848 bits per heavy atom. The normalized spacial score (nSPS) is 11.9. The summed E-state index contributed by atoms with van der Waals surface area (Å²) in [6.45, 7) is 1.94. The van der Waals surface area contributed by atoms with Crippen LogP contribution in [0.15, 0.2) is 42.5 Å². The van der Waals surface area contributed by atoms with Crippen molar-refractivity contribution in [2.24, 2.45) is 0 Å². The van der Waals surface area contributed by atoms with Crippen LogP contribution in [-0.2, 0) is 19.0 Å². The lowest BCUT2D eigenvalue weighted by Crippen LogP contribution is -2.25. The monoisotopic (exact) mass is 485 g/mol. The zero-order valence-corrected chi connectivity index (χ0v) is 17.7. The molecule has 0 atom stereocenters. The van der Waals surface area contributed by atoms with Crippen molar-refractivity contribution >= 4 is 21.6 Å². The molecule has 0 saturated carbocycles. The number of aryl methyl sites for hydroxylation is 3. The van der Waals surface area contributed by atoms with Gasteiger partial charge in [-0.15, -0.1) is 11.3 Å². The average molecular weight is 485 g/mol. The Morgan fingerprint density at radius 2 is 1.48 bits per heavy atom. The van der Waals surface area contributed by atoms with Gasteiger partial charge >= 0.3 is 6.11 Å². The van der Waals surface area contributed by atoms with Crippen molar-refractivity contribution in [3.63, 3.8) is 0 Å². The molecule has 1 heterocycles. The van der Waals surface area contributed by atoms with Gasteiger partial charge < -0.3 is 4.74 Å². The van der Waals surface area contributed by atoms with E-state index in [1.54, 1.807) is 0 Å². The number of aromatic nitrogens is 1. The van der Waals surface area contributed by atoms with Gasteiger partial charge in [0, 0.05) is 18.6 Å². The Bertz CT molecular complexity index is 1310. The largest absolute Gasteiger partial charge is 0.432 e. The number of hydrogen-bond acceptors (Lipinski definition) is 3. The van der Waals surface area contributed by atoms with Crippen molar-refractivity contribution in [1.29, 1.82) is 0 Å². The van der Waals surface area contributed by atoms with E-state index in [1.165, 1.54) is 11.3 Å². The van der Waals surface area contributed by atoms with Crippen LogP contribution in [0.3, 0.4) is 0 Å². The lowest BCUT2D eigenvalue weighted by atomic mass is 10.1. The highest BCUT2D eigenvalue weighted by molar-refractivity contribution is 7.18. The van der Waals surface area contributed by atoms with Crippen LogP contribution in [0.4, 0.5) is 30.7 Å². The molecule has 0 aliphatic carbocycles. The van der Waals surface area contributed by atoms with Gasteiger partial charge in [0.15, 0.2) is 17.5 Å². The maximum atomic E-state index is 14.4. The Morgan fingerprint density at radius 3 is 2.12 bits per heavy atom. The van der Waals surface area contributed by atoms with Crippen molar-refractivity contribution in [2.75, 3.05) is 0 Å². The van der Waals surface area contributed by atoms with Gasteiger partial charge in [-0.05, 0) is 48.7 Å². The summed E-state index contributed by atoms with van der Waals surface area (Å²) in [4.78, 5) is 4.44. The van der Waals surface area contributed by atoms with Gasteiger partial charge in [-0.25, -0.2) is 26.9 Å². The highest BCUT2D eigenvalue weighted by atomic mass is 32.1. The van der Waals surface area contributed by atoms with Crippen molar-refractivity contribution in [3.8, 4) is 5.75 Å². The fraction of sp³-hybridized carbons (Fsp3) is 0.174. The first-order valence-electron chi connectivity index (χ1n) is 9.59. The maximum absolute atomic E-state index is 14.4. The van der Waals surface area contributed by atoms with Crippen LogP contribution in [0, 0.1) is 36.0 Å². The SMILES string of the molecule is Cc1ccc2nc(CCc3cc(F)c(C(F)(F)Oc4cc(F)c(F)c(F)c4)c(F)c3)sc2c1. The lowest BCUT2D eigenvalue weighted by Gasteiger charge is -2.20. The van der Waals surface area contributed by atoms with E-state index < -0.39 is 46.5 Å².